The van der Waals surface area contributed by atoms with Gasteiger partial charge in [0.2, 0.25) is 0 Å². The molecule has 0 aliphatic rings. The smallest absolute Gasteiger partial charge is 0.296 e. The van der Waals surface area contributed by atoms with Gasteiger partial charge < -0.3 is 0 Å². The summed E-state index contributed by atoms with van der Waals surface area (Å²) in [5.74, 6) is 0. The fourth-order valence-corrected chi connectivity index (χ4v) is 2.39. The van der Waals surface area contributed by atoms with Gasteiger partial charge in [-0.25, -0.2) is 4.79 Å². The summed E-state index contributed by atoms with van der Waals surface area (Å²) in [7, 11) is 1.68. The monoisotopic (exact) mass is 310 g/mol. The summed E-state index contributed by atoms with van der Waals surface area (Å²) in [6, 6.07) is 5.34. The first-order chi connectivity index (χ1) is 8.23. The van der Waals surface area contributed by atoms with E-state index in [1.807, 2.05) is 26.8 Å². The molecule has 1 aromatic carbocycles. The second-order valence-corrected chi connectivity index (χ2v) is 6.23. The maximum absolute atomic E-state index is 12.4. The predicted octanol–water partition coefficient (Wildman–Crippen LogP) is 2.22. The van der Waals surface area contributed by atoms with Gasteiger partial charge in [-0.1, -0.05) is 15.9 Å². The predicted molar refractivity (Wildman–Crippen MR) is 76.1 cm³/mol. The average Bonchev–Trinajstić information content (AvgIpc) is 2.24. The number of fused-ring (bicyclic) bond motifs is 1. The Hall–Kier alpha value is -1.36. The van der Waals surface area contributed by atoms with Gasteiger partial charge in [-0.15, -0.1) is 0 Å². The van der Waals surface area contributed by atoms with Crippen molar-refractivity contribution in [2.24, 2.45) is 7.05 Å². The fourth-order valence-electron chi connectivity index (χ4n) is 2.02. The SMILES string of the molecule is Cn1c(=O)n(C(C)(C)C)c(=O)c2cc(Br)ccc21. The molecule has 1 heterocycles. The molecule has 0 radical (unpaired) electrons. The molecule has 0 N–H and O–H groups in total. The number of benzene rings is 1. The summed E-state index contributed by atoms with van der Waals surface area (Å²) in [5, 5.41) is 0.543. The zero-order valence-corrected chi connectivity index (χ0v) is 12.4. The van der Waals surface area contributed by atoms with Crippen LogP contribution in [0.25, 0.3) is 10.9 Å². The molecule has 0 saturated carbocycles. The molecule has 0 fully saturated rings. The summed E-state index contributed by atoms with van der Waals surface area (Å²) in [6.45, 7) is 5.54. The van der Waals surface area contributed by atoms with Crippen molar-refractivity contribution in [2.45, 2.75) is 26.3 Å². The van der Waals surface area contributed by atoms with E-state index >= 15 is 0 Å². The molecule has 96 valence electrons. The molecule has 4 nitrogen and oxygen atoms in total. The molecule has 0 aliphatic carbocycles. The van der Waals surface area contributed by atoms with Crippen LogP contribution < -0.4 is 11.2 Å². The third-order valence-electron chi connectivity index (χ3n) is 2.90. The van der Waals surface area contributed by atoms with Gasteiger partial charge in [0.1, 0.15) is 0 Å². The Morgan fingerprint density at radius 1 is 1.17 bits per heavy atom. The number of hydrogen-bond acceptors (Lipinski definition) is 2. The van der Waals surface area contributed by atoms with Crippen LogP contribution in [-0.4, -0.2) is 9.13 Å². The number of aryl methyl sites for hydroxylation is 1. The van der Waals surface area contributed by atoms with Crippen molar-refractivity contribution >= 4 is 26.8 Å². The lowest BCUT2D eigenvalue weighted by Crippen LogP contribution is -2.47. The van der Waals surface area contributed by atoms with Crippen LogP contribution >= 0.6 is 15.9 Å². The molecule has 0 saturated heterocycles. The van der Waals surface area contributed by atoms with Crippen molar-refractivity contribution in [1.29, 1.82) is 0 Å². The Labute approximate surface area is 113 Å². The largest absolute Gasteiger partial charge is 0.331 e. The first-order valence-corrected chi connectivity index (χ1v) is 6.44. The maximum Gasteiger partial charge on any atom is 0.331 e. The molecule has 2 aromatic rings. The Bertz CT molecular complexity index is 735. The van der Waals surface area contributed by atoms with Crippen LogP contribution in [0.5, 0.6) is 0 Å². The van der Waals surface area contributed by atoms with E-state index in [0.29, 0.717) is 10.9 Å². The second-order valence-electron chi connectivity index (χ2n) is 5.31. The van der Waals surface area contributed by atoms with Gasteiger partial charge in [0.05, 0.1) is 10.9 Å². The molecule has 0 aliphatic heterocycles. The van der Waals surface area contributed by atoms with Crippen molar-refractivity contribution in [3.05, 3.63) is 43.5 Å². The molecule has 0 bridgehead atoms. The van der Waals surface area contributed by atoms with Gasteiger partial charge in [-0.2, -0.15) is 0 Å². The normalized spacial score (nSPS) is 12.1. The average molecular weight is 311 g/mol. The van der Waals surface area contributed by atoms with Gasteiger partial charge in [0, 0.05) is 17.1 Å². The minimum atomic E-state index is -0.539. The van der Waals surface area contributed by atoms with Crippen molar-refractivity contribution in [1.82, 2.24) is 9.13 Å². The van der Waals surface area contributed by atoms with Gasteiger partial charge >= 0.3 is 5.69 Å². The molecule has 0 unspecified atom stereocenters. The van der Waals surface area contributed by atoms with Gasteiger partial charge in [0.25, 0.3) is 5.56 Å². The second kappa shape index (κ2) is 4.09. The highest BCUT2D eigenvalue weighted by atomic mass is 79.9. The third-order valence-corrected chi connectivity index (χ3v) is 3.40. The summed E-state index contributed by atoms with van der Waals surface area (Å²) in [6.07, 6.45) is 0. The Balaban J connectivity index is 3.09. The van der Waals surface area contributed by atoms with Crippen molar-refractivity contribution < 1.29 is 0 Å². The lowest BCUT2D eigenvalue weighted by molar-refractivity contribution is 0.362. The van der Waals surface area contributed by atoms with Gasteiger partial charge in [-0.05, 0) is 39.0 Å². The summed E-state index contributed by atoms with van der Waals surface area (Å²) in [4.78, 5) is 24.7. The summed E-state index contributed by atoms with van der Waals surface area (Å²) >= 11 is 3.35. The minimum Gasteiger partial charge on any atom is -0.296 e. The van der Waals surface area contributed by atoms with Crippen LogP contribution in [0, 0.1) is 0 Å². The summed E-state index contributed by atoms with van der Waals surface area (Å²) < 4.78 is 3.63. The van der Waals surface area contributed by atoms with E-state index < -0.39 is 5.54 Å². The van der Waals surface area contributed by atoms with E-state index in [1.54, 1.807) is 19.2 Å². The van der Waals surface area contributed by atoms with Crippen LogP contribution in [0.4, 0.5) is 0 Å². The van der Waals surface area contributed by atoms with E-state index in [9.17, 15) is 9.59 Å². The standard InChI is InChI=1S/C13H15BrN2O2/c1-13(2,3)16-11(17)9-7-8(14)5-6-10(9)15(4)12(16)18/h5-7H,1-4H3. The molecular formula is C13H15BrN2O2. The topological polar surface area (TPSA) is 44.0 Å². The van der Waals surface area contributed by atoms with Crippen molar-refractivity contribution in [3.8, 4) is 0 Å². The third kappa shape index (κ3) is 1.92. The number of aromatic nitrogens is 2. The molecule has 2 rings (SSSR count). The van der Waals surface area contributed by atoms with Crippen LogP contribution in [0.1, 0.15) is 20.8 Å². The Morgan fingerprint density at radius 3 is 2.33 bits per heavy atom. The van der Waals surface area contributed by atoms with E-state index in [1.165, 1.54) is 9.13 Å². The van der Waals surface area contributed by atoms with E-state index in [-0.39, 0.29) is 11.2 Å². The molecule has 5 heteroatoms. The van der Waals surface area contributed by atoms with Crippen molar-refractivity contribution in [2.75, 3.05) is 0 Å². The molecule has 0 amide bonds. The van der Waals surface area contributed by atoms with E-state index in [4.69, 9.17) is 0 Å². The molecule has 0 atom stereocenters. The molecule has 18 heavy (non-hydrogen) atoms. The van der Waals surface area contributed by atoms with E-state index in [0.717, 1.165) is 4.47 Å². The number of nitrogens with zero attached hydrogens (tertiary/aromatic N) is 2. The van der Waals surface area contributed by atoms with Gasteiger partial charge in [-0.3, -0.25) is 13.9 Å². The highest BCUT2D eigenvalue weighted by Gasteiger charge is 2.21. The van der Waals surface area contributed by atoms with Crippen LogP contribution in [0.2, 0.25) is 0 Å². The van der Waals surface area contributed by atoms with Crippen molar-refractivity contribution in [3.63, 3.8) is 0 Å². The quantitative estimate of drug-likeness (QED) is 0.749. The Morgan fingerprint density at radius 2 is 1.78 bits per heavy atom. The number of hydrogen-bond donors (Lipinski definition) is 0. The zero-order valence-electron chi connectivity index (χ0n) is 10.8. The number of rotatable bonds is 0. The minimum absolute atomic E-state index is 0.248. The summed E-state index contributed by atoms with van der Waals surface area (Å²) in [5.41, 5.74) is -0.430. The molecule has 0 spiro atoms. The van der Waals surface area contributed by atoms with Gasteiger partial charge in [0.15, 0.2) is 0 Å². The first-order valence-electron chi connectivity index (χ1n) is 5.65. The van der Waals surface area contributed by atoms with Crippen LogP contribution in [0.3, 0.4) is 0 Å². The highest BCUT2D eigenvalue weighted by Crippen LogP contribution is 2.17. The first kappa shape index (κ1) is 13.1. The molecule has 1 aromatic heterocycles. The van der Waals surface area contributed by atoms with E-state index in [2.05, 4.69) is 15.9 Å². The fraction of sp³-hybridized carbons (Fsp3) is 0.385. The lowest BCUT2D eigenvalue weighted by Gasteiger charge is -2.22. The maximum atomic E-state index is 12.4. The van der Waals surface area contributed by atoms with Crippen LogP contribution in [0.15, 0.2) is 32.3 Å². The lowest BCUT2D eigenvalue weighted by atomic mass is 10.1. The molecular weight excluding hydrogens is 296 g/mol. The number of halogens is 1. The van der Waals surface area contributed by atoms with Crippen LogP contribution in [-0.2, 0) is 12.6 Å². The Kier molecular flexibility index (Phi) is 2.97. The highest BCUT2D eigenvalue weighted by molar-refractivity contribution is 9.10. The zero-order chi connectivity index (χ0) is 13.7.